The normalized spacial score (nSPS) is 13.2. The Hall–Kier alpha value is -2.16. The van der Waals surface area contributed by atoms with Crippen molar-refractivity contribution in [3.05, 3.63) is 53.1 Å². The van der Waals surface area contributed by atoms with E-state index in [4.69, 9.17) is 13.3 Å². The van der Waals surface area contributed by atoms with Crippen LogP contribution in [0.25, 0.3) is 0 Å². The van der Waals surface area contributed by atoms with Gasteiger partial charge < -0.3 is 9.88 Å². The van der Waals surface area contributed by atoms with Gasteiger partial charge in [0.25, 0.3) is 0 Å². The average Bonchev–Trinajstić information content (AvgIpc) is 2.55. The molecule has 9 heteroatoms. The van der Waals surface area contributed by atoms with E-state index in [0.717, 1.165) is 12.1 Å². The summed E-state index contributed by atoms with van der Waals surface area (Å²) in [5.41, 5.74) is 0.819. The van der Waals surface area contributed by atoms with E-state index >= 15 is 0 Å². The van der Waals surface area contributed by atoms with Crippen LogP contribution < -0.4 is 16.3 Å². The van der Waals surface area contributed by atoms with Gasteiger partial charge in [-0.15, -0.1) is 0 Å². The van der Waals surface area contributed by atoms with Gasteiger partial charge >= 0.3 is 6.18 Å². The minimum absolute atomic E-state index is 0.200. The van der Waals surface area contributed by atoms with Gasteiger partial charge in [0.15, 0.2) is 0 Å². The molecule has 0 aliphatic carbocycles. The number of nitrogens with zero attached hydrogens (tertiary/aromatic N) is 2. The molecule has 0 bridgehead atoms. The Kier molecular flexibility index (Phi) is 6.00. The van der Waals surface area contributed by atoms with Crippen LogP contribution in [0.1, 0.15) is 16.5 Å². The number of alkyl halides is 3. The van der Waals surface area contributed by atoms with E-state index in [0.29, 0.717) is 17.4 Å². The van der Waals surface area contributed by atoms with Crippen molar-refractivity contribution in [2.24, 2.45) is 4.99 Å². The first-order valence-corrected chi connectivity index (χ1v) is 7.81. The molecule has 1 heterocycles. The van der Waals surface area contributed by atoms with Crippen molar-refractivity contribution in [2.45, 2.75) is 18.0 Å². The molecule has 1 atom stereocenters. The number of benzene rings is 1. The molecule has 0 aliphatic rings. The molecule has 130 valence electrons. The smallest absolute Gasteiger partial charge is 0.347 e. The lowest BCUT2D eigenvalue weighted by Gasteiger charge is -2.19. The summed E-state index contributed by atoms with van der Waals surface area (Å²) in [6.07, 6.45) is -1.25. The molecule has 1 aromatic heterocycles. The number of halogens is 3. The van der Waals surface area contributed by atoms with Gasteiger partial charge in [-0.3, -0.25) is 10.4 Å². The largest absolute Gasteiger partial charge is 0.416 e. The fourth-order valence-electron chi connectivity index (χ4n) is 2.28. The Morgan fingerprint density at radius 3 is 2.72 bits per heavy atom. The predicted molar refractivity (Wildman–Crippen MR) is 96.9 cm³/mol. The van der Waals surface area contributed by atoms with E-state index in [1.54, 1.807) is 16.8 Å². The Bertz CT molecular complexity index is 833. The molecule has 0 saturated heterocycles. The average molecular weight is 364 g/mol. The highest BCUT2D eigenvalue weighted by Crippen LogP contribution is 2.33. The predicted octanol–water partition coefficient (Wildman–Crippen LogP) is 2.52. The van der Waals surface area contributed by atoms with Crippen molar-refractivity contribution in [1.82, 2.24) is 4.57 Å². The van der Waals surface area contributed by atoms with E-state index in [1.807, 2.05) is 0 Å². The number of aliphatic imine (C=N–C) groups is 1. The van der Waals surface area contributed by atoms with Crippen molar-refractivity contribution in [3.8, 4) is 0 Å². The van der Waals surface area contributed by atoms with Crippen LogP contribution in [0, 0.1) is 5.41 Å². The first-order chi connectivity index (χ1) is 11.7. The van der Waals surface area contributed by atoms with Gasteiger partial charge in [0.05, 0.1) is 17.3 Å². The summed E-state index contributed by atoms with van der Waals surface area (Å²) in [6.45, 7) is 0. The fourth-order valence-corrected chi connectivity index (χ4v) is 2.66. The summed E-state index contributed by atoms with van der Waals surface area (Å²) in [5, 5.41) is 10.2. The van der Waals surface area contributed by atoms with Gasteiger partial charge in [-0.1, -0.05) is 17.6 Å². The van der Waals surface area contributed by atoms with Crippen LogP contribution in [0.5, 0.6) is 0 Å². The highest BCUT2D eigenvalue weighted by atomic mass is 32.1. The minimum atomic E-state index is -4.43. The maximum absolute atomic E-state index is 12.9. The lowest BCUT2D eigenvalue weighted by atomic mass is 9.99. The molecule has 2 rings (SSSR count). The molecule has 1 unspecified atom stereocenters. The second kappa shape index (κ2) is 7.82. The Balaban J connectivity index is 2.37. The number of rotatable bonds is 5. The van der Waals surface area contributed by atoms with Gasteiger partial charge in [-0.05, 0) is 30.0 Å². The summed E-state index contributed by atoms with van der Waals surface area (Å²) in [6, 6.07) is 6.59. The number of nitrogens with one attached hydrogen (secondary N) is 2. The zero-order valence-corrected chi connectivity index (χ0v) is 14.3. The van der Waals surface area contributed by atoms with E-state index in [-0.39, 0.29) is 11.2 Å². The Morgan fingerprint density at radius 2 is 2.08 bits per heavy atom. The Morgan fingerprint density at radius 1 is 1.36 bits per heavy atom. The third-order valence-electron chi connectivity index (χ3n) is 3.51. The maximum atomic E-state index is 12.9. The molecule has 2 N–H and O–H groups in total. The van der Waals surface area contributed by atoms with Gasteiger partial charge in [0.1, 0.15) is 13.3 Å². The molecule has 25 heavy (non-hydrogen) atoms. The molecule has 0 fully saturated rings. The summed E-state index contributed by atoms with van der Waals surface area (Å²) >= 11 is 4.47. The van der Waals surface area contributed by atoms with E-state index in [2.05, 4.69) is 22.9 Å². The zero-order chi connectivity index (χ0) is 18.6. The molecule has 0 saturated carbocycles. The lowest BCUT2D eigenvalue weighted by Crippen LogP contribution is -2.26. The summed E-state index contributed by atoms with van der Waals surface area (Å²) in [4.78, 5) is 3.74. The molecule has 2 radical (unpaired) electrons. The molecule has 0 amide bonds. The maximum Gasteiger partial charge on any atom is 0.416 e. The van der Waals surface area contributed by atoms with E-state index < -0.39 is 17.1 Å². The van der Waals surface area contributed by atoms with Gasteiger partial charge in [-0.2, -0.15) is 25.8 Å². The SMILES string of the molecule is [B]c1ccc(=N)n(C(S)Cc2ccc(C(F)(F)F)cc2NC=NC)c1. The molecular formula is C16H16BF3N4S. The molecule has 2 aromatic rings. The Labute approximate surface area is 150 Å². The first-order valence-electron chi connectivity index (χ1n) is 7.30. The summed E-state index contributed by atoms with van der Waals surface area (Å²) in [7, 11) is 7.24. The van der Waals surface area contributed by atoms with Gasteiger partial charge in [-0.25, -0.2) is 0 Å². The number of aromatic nitrogens is 1. The zero-order valence-electron chi connectivity index (χ0n) is 13.4. The highest BCUT2D eigenvalue weighted by Gasteiger charge is 2.31. The second-order valence-electron chi connectivity index (χ2n) is 5.34. The topological polar surface area (TPSA) is 53.2 Å². The van der Waals surface area contributed by atoms with Gasteiger partial charge in [0, 0.05) is 19.2 Å². The van der Waals surface area contributed by atoms with Crippen molar-refractivity contribution >= 4 is 38.0 Å². The van der Waals surface area contributed by atoms with Crippen molar-refractivity contribution in [2.75, 3.05) is 12.4 Å². The quantitative estimate of drug-likeness (QED) is 0.325. The molecule has 0 aliphatic heterocycles. The first kappa shape index (κ1) is 19.2. The summed E-state index contributed by atoms with van der Waals surface area (Å²) in [5.74, 6) is 0. The van der Waals surface area contributed by atoms with Crippen molar-refractivity contribution < 1.29 is 13.2 Å². The van der Waals surface area contributed by atoms with Crippen molar-refractivity contribution in [1.29, 1.82) is 5.41 Å². The third-order valence-corrected chi connectivity index (χ3v) is 3.94. The summed E-state index contributed by atoms with van der Waals surface area (Å²) < 4.78 is 40.3. The molecule has 4 nitrogen and oxygen atoms in total. The monoisotopic (exact) mass is 364 g/mol. The second-order valence-corrected chi connectivity index (χ2v) is 5.94. The van der Waals surface area contributed by atoms with E-state index in [9.17, 15) is 13.2 Å². The number of anilines is 1. The van der Waals surface area contributed by atoms with Crippen LogP contribution in [0.3, 0.4) is 0 Å². The van der Waals surface area contributed by atoms with Crippen LogP contribution >= 0.6 is 12.6 Å². The van der Waals surface area contributed by atoms with Crippen LogP contribution in [-0.2, 0) is 12.6 Å². The third kappa shape index (κ3) is 4.91. The number of hydrogen-bond acceptors (Lipinski definition) is 3. The number of hydrogen-bond donors (Lipinski definition) is 3. The standard InChI is InChI=1S/C16H16BF3N4S/c1-22-9-23-13-7-11(16(18,19)20)3-2-10(13)6-15(25)24-8-12(17)4-5-14(24)21/h2-5,7-9,15,21,25H,6H2,1H3,(H,22,23). The van der Waals surface area contributed by atoms with Crippen molar-refractivity contribution in [3.63, 3.8) is 0 Å². The number of pyridine rings is 1. The lowest BCUT2D eigenvalue weighted by molar-refractivity contribution is -0.137. The van der Waals surface area contributed by atoms with Crippen LogP contribution in [0.2, 0.25) is 0 Å². The van der Waals surface area contributed by atoms with Gasteiger partial charge in [0.2, 0.25) is 0 Å². The molecular weight excluding hydrogens is 348 g/mol. The highest BCUT2D eigenvalue weighted by molar-refractivity contribution is 7.80. The fraction of sp³-hybridized carbons (Fsp3) is 0.250. The number of thiol groups is 1. The van der Waals surface area contributed by atoms with Crippen LogP contribution in [-0.4, -0.2) is 25.8 Å². The minimum Gasteiger partial charge on any atom is -0.347 e. The molecule has 1 aromatic carbocycles. The van der Waals surface area contributed by atoms with Crippen LogP contribution in [0.15, 0.2) is 41.5 Å². The molecule has 0 spiro atoms. The van der Waals surface area contributed by atoms with E-state index in [1.165, 1.54) is 25.5 Å². The van der Waals surface area contributed by atoms with Crippen LogP contribution in [0.4, 0.5) is 18.9 Å².